The molecule has 2 aliphatic heterocycles. The summed E-state index contributed by atoms with van der Waals surface area (Å²) in [4.78, 5) is 36.9. The van der Waals surface area contributed by atoms with Gasteiger partial charge in [-0.25, -0.2) is 0 Å². The zero-order chi connectivity index (χ0) is 14.7. The topological polar surface area (TPSA) is 87.7 Å². The van der Waals surface area contributed by atoms with Crippen molar-refractivity contribution in [3.05, 3.63) is 0 Å². The Kier molecular flexibility index (Phi) is 6.57. The van der Waals surface area contributed by atoms with Crippen LogP contribution in [-0.4, -0.2) is 60.5 Å². The van der Waals surface area contributed by atoms with Crippen molar-refractivity contribution in [2.45, 2.75) is 44.8 Å². The van der Waals surface area contributed by atoms with E-state index in [2.05, 4.69) is 10.6 Å². The quantitative estimate of drug-likeness (QED) is 0.678. The molecule has 0 spiro atoms. The summed E-state index contributed by atoms with van der Waals surface area (Å²) in [5.74, 6) is -0.773. The standard InChI is InChI=1S/C13H21N3O4.ClH/c1-8(2)16-12(18)6-10(13(16)19)15-11(17)5-9-7-20-4-3-14-9;/h8-10,14H,3-7H2,1-2H3,(H,15,17);1H. The minimum Gasteiger partial charge on any atom is -0.378 e. The second-order valence-corrected chi connectivity index (χ2v) is 5.45. The van der Waals surface area contributed by atoms with Crippen LogP contribution in [0.4, 0.5) is 0 Å². The van der Waals surface area contributed by atoms with Gasteiger partial charge in [0, 0.05) is 25.0 Å². The van der Waals surface area contributed by atoms with Crippen LogP contribution in [0.5, 0.6) is 0 Å². The molecule has 3 amide bonds. The normalized spacial score (nSPS) is 26.0. The van der Waals surface area contributed by atoms with E-state index in [4.69, 9.17) is 4.74 Å². The van der Waals surface area contributed by atoms with Gasteiger partial charge in [-0.05, 0) is 13.8 Å². The molecule has 0 aliphatic carbocycles. The van der Waals surface area contributed by atoms with Gasteiger partial charge in [0.2, 0.25) is 11.8 Å². The van der Waals surface area contributed by atoms with Crippen LogP contribution in [0.1, 0.15) is 26.7 Å². The first-order valence-corrected chi connectivity index (χ1v) is 6.95. The number of nitrogens with zero attached hydrogens (tertiary/aromatic N) is 1. The summed E-state index contributed by atoms with van der Waals surface area (Å²) in [6.07, 6.45) is 0.303. The van der Waals surface area contributed by atoms with Crippen molar-refractivity contribution in [3.8, 4) is 0 Å². The lowest BCUT2D eigenvalue weighted by Crippen LogP contribution is -2.47. The van der Waals surface area contributed by atoms with Crippen LogP contribution in [0.3, 0.4) is 0 Å². The van der Waals surface area contributed by atoms with E-state index >= 15 is 0 Å². The number of amides is 3. The molecule has 120 valence electrons. The Morgan fingerprint density at radius 3 is 2.71 bits per heavy atom. The van der Waals surface area contributed by atoms with Gasteiger partial charge in [0.25, 0.3) is 5.91 Å². The van der Waals surface area contributed by atoms with Crippen LogP contribution in [0.25, 0.3) is 0 Å². The number of rotatable bonds is 4. The fourth-order valence-corrected chi connectivity index (χ4v) is 2.53. The predicted molar refractivity (Wildman–Crippen MR) is 78.0 cm³/mol. The number of carbonyl (C=O) groups excluding carboxylic acids is 3. The van der Waals surface area contributed by atoms with Crippen LogP contribution < -0.4 is 10.6 Å². The van der Waals surface area contributed by atoms with Crippen molar-refractivity contribution in [2.75, 3.05) is 19.8 Å². The minimum absolute atomic E-state index is 0. The number of hydrogen-bond acceptors (Lipinski definition) is 5. The molecule has 8 heteroatoms. The molecule has 2 fully saturated rings. The van der Waals surface area contributed by atoms with E-state index in [0.29, 0.717) is 13.2 Å². The number of morpholine rings is 1. The van der Waals surface area contributed by atoms with Gasteiger partial charge in [-0.2, -0.15) is 0 Å². The highest BCUT2D eigenvalue weighted by Gasteiger charge is 2.40. The summed E-state index contributed by atoms with van der Waals surface area (Å²) in [5, 5.41) is 5.82. The summed E-state index contributed by atoms with van der Waals surface area (Å²) in [7, 11) is 0. The van der Waals surface area contributed by atoms with Crippen molar-refractivity contribution in [1.29, 1.82) is 0 Å². The summed E-state index contributed by atoms with van der Waals surface area (Å²) in [5.41, 5.74) is 0. The molecule has 0 bridgehead atoms. The Morgan fingerprint density at radius 2 is 2.19 bits per heavy atom. The Hall–Kier alpha value is -1.18. The molecule has 21 heavy (non-hydrogen) atoms. The van der Waals surface area contributed by atoms with E-state index in [0.717, 1.165) is 6.54 Å². The van der Waals surface area contributed by atoms with Gasteiger partial charge in [-0.1, -0.05) is 0 Å². The first-order valence-electron chi connectivity index (χ1n) is 6.95. The summed E-state index contributed by atoms with van der Waals surface area (Å²) < 4.78 is 5.27. The number of nitrogens with one attached hydrogen (secondary N) is 2. The lowest BCUT2D eigenvalue weighted by Gasteiger charge is -2.24. The van der Waals surface area contributed by atoms with Crippen LogP contribution in [-0.2, 0) is 19.1 Å². The lowest BCUT2D eigenvalue weighted by atomic mass is 10.1. The number of likely N-dealkylation sites (tertiary alicyclic amines) is 1. The maximum absolute atomic E-state index is 12.0. The van der Waals surface area contributed by atoms with Crippen molar-refractivity contribution in [2.24, 2.45) is 0 Å². The van der Waals surface area contributed by atoms with Gasteiger partial charge in [-0.3, -0.25) is 19.3 Å². The third-order valence-electron chi connectivity index (χ3n) is 3.46. The first kappa shape index (κ1) is 17.9. The van der Waals surface area contributed by atoms with Crippen molar-refractivity contribution < 1.29 is 19.1 Å². The minimum atomic E-state index is -0.720. The van der Waals surface area contributed by atoms with E-state index in [1.165, 1.54) is 4.90 Å². The third-order valence-corrected chi connectivity index (χ3v) is 3.46. The Morgan fingerprint density at radius 1 is 1.48 bits per heavy atom. The summed E-state index contributed by atoms with van der Waals surface area (Å²) in [6.45, 7) is 5.42. The maximum Gasteiger partial charge on any atom is 0.252 e. The van der Waals surface area contributed by atoms with E-state index in [9.17, 15) is 14.4 Å². The molecule has 2 heterocycles. The van der Waals surface area contributed by atoms with Crippen LogP contribution in [0, 0.1) is 0 Å². The Labute approximate surface area is 130 Å². The zero-order valence-corrected chi connectivity index (χ0v) is 13.1. The molecule has 2 saturated heterocycles. The monoisotopic (exact) mass is 319 g/mol. The van der Waals surface area contributed by atoms with Crippen molar-refractivity contribution in [3.63, 3.8) is 0 Å². The molecule has 0 aromatic carbocycles. The fraction of sp³-hybridized carbons (Fsp3) is 0.769. The molecule has 2 unspecified atom stereocenters. The maximum atomic E-state index is 12.0. The molecule has 7 nitrogen and oxygen atoms in total. The van der Waals surface area contributed by atoms with Crippen LogP contribution in [0.2, 0.25) is 0 Å². The highest BCUT2D eigenvalue weighted by molar-refractivity contribution is 6.07. The highest BCUT2D eigenvalue weighted by Crippen LogP contribution is 2.16. The smallest absolute Gasteiger partial charge is 0.252 e. The average molecular weight is 320 g/mol. The fourth-order valence-electron chi connectivity index (χ4n) is 2.53. The van der Waals surface area contributed by atoms with Gasteiger partial charge in [0.05, 0.1) is 19.6 Å². The Balaban J connectivity index is 0.00000220. The van der Waals surface area contributed by atoms with Gasteiger partial charge in [0.15, 0.2) is 0 Å². The molecular weight excluding hydrogens is 298 g/mol. The molecule has 0 saturated carbocycles. The molecule has 2 aliphatic rings. The van der Waals surface area contributed by atoms with E-state index in [1.54, 1.807) is 13.8 Å². The second-order valence-electron chi connectivity index (χ2n) is 5.45. The number of hydrogen-bond donors (Lipinski definition) is 2. The number of halogens is 1. The number of carbonyl (C=O) groups is 3. The van der Waals surface area contributed by atoms with Crippen LogP contribution >= 0.6 is 12.4 Å². The molecule has 2 atom stereocenters. The number of imide groups is 1. The average Bonchev–Trinajstić information content (AvgIpc) is 2.65. The summed E-state index contributed by atoms with van der Waals surface area (Å²) in [6, 6.07) is -0.926. The zero-order valence-electron chi connectivity index (χ0n) is 12.3. The van der Waals surface area contributed by atoms with Crippen molar-refractivity contribution in [1.82, 2.24) is 15.5 Å². The predicted octanol–water partition coefficient (Wildman–Crippen LogP) is -0.561. The highest BCUT2D eigenvalue weighted by atomic mass is 35.5. The lowest BCUT2D eigenvalue weighted by molar-refractivity contribution is -0.141. The van der Waals surface area contributed by atoms with E-state index in [-0.39, 0.29) is 55.1 Å². The van der Waals surface area contributed by atoms with Crippen molar-refractivity contribution >= 4 is 30.1 Å². The van der Waals surface area contributed by atoms with Gasteiger partial charge in [-0.15, -0.1) is 12.4 Å². The summed E-state index contributed by atoms with van der Waals surface area (Å²) >= 11 is 0. The van der Waals surface area contributed by atoms with Crippen LogP contribution in [0.15, 0.2) is 0 Å². The molecular formula is C13H22ClN3O4. The first-order chi connectivity index (χ1) is 9.49. The molecule has 2 rings (SSSR count). The third kappa shape index (κ3) is 4.39. The largest absolute Gasteiger partial charge is 0.378 e. The van der Waals surface area contributed by atoms with E-state index < -0.39 is 6.04 Å². The molecule has 0 aromatic heterocycles. The SMILES string of the molecule is CC(C)N1C(=O)CC(NC(=O)CC2COCCN2)C1=O.Cl. The van der Waals surface area contributed by atoms with Gasteiger partial charge >= 0.3 is 0 Å². The molecule has 2 N–H and O–H groups in total. The van der Waals surface area contributed by atoms with Gasteiger partial charge in [0.1, 0.15) is 6.04 Å². The Bertz CT molecular complexity index is 410. The second kappa shape index (κ2) is 7.72. The molecule has 0 aromatic rings. The molecule has 0 radical (unpaired) electrons. The van der Waals surface area contributed by atoms with E-state index in [1.807, 2.05) is 0 Å². The number of ether oxygens (including phenoxy) is 1. The van der Waals surface area contributed by atoms with Gasteiger partial charge < -0.3 is 15.4 Å².